The molecule has 2 N–H and O–H groups in total. The molecule has 1 heterocycles. The lowest BCUT2D eigenvalue weighted by molar-refractivity contribution is -0.117. The van der Waals surface area contributed by atoms with Crippen LogP contribution in [0.2, 0.25) is 0 Å². The Bertz CT molecular complexity index is 707. The Hall–Kier alpha value is -2.47. The number of aliphatic hydroxyl groups excluding tert-OH is 1. The Morgan fingerprint density at radius 1 is 1.26 bits per heavy atom. The number of ketones is 1. The number of aryl methyl sites for hydroxylation is 1. The fourth-order valence-electron chi connectivity index (χ4n) is 2.46. The van der Waals surface area contributed by atoms with Gasteiger partial charge in [0.15, 0.2) is 0 Å². The Morgan fingerprint density at radius 2 is 1.91 bits per heavy atom. The van der Waals surface area contributed by atoms with Crippen molar-refractivity contribution in [2.75, 3.05) is 6.61 Å². The van der Waals surface area contributed by atoms with Gasteiger partial charge in [0.1, 0.15) is 0 Å². The Labute approximate surface area is 135 Å². The van der Waals surface area contributed by atoms with Gasteiger partial charge in [0.25, 0.3) is 11.7 Å². The van der Waals surface area contributed by atoms with Crippen molar-refractivity contribution in [1.82, 2.24) is 15.1 Å². The van der Waals surface area contributed by atoms with Crippen LogP contribution in [0.5, 0.6) is 0 Å². The first-order chi connectivity index (χ1) is 11.0. The number of aromatic nitrogens is 2. The van der Waals surface area contributed by atoms with Crippen molar-refractivity contribution in [2.45, 2.75) is 33.2 Å². The number of amides is 1. The second-order valence-corrected chi connectivity index (χ2v) is 5.51. The highest BCUT2D eigenvalue weighted by atomic mass is 16.3. The third-order valence-corrected chi connectivity index (χ3v) is 3.66. The Balaban J connectivity index is 2.28. The number of carbonyl (C=O) groups excluding carboxylic acids is 2. The molecule has 1 amide bonds. The van der Waals surface area contributed by atoms with E-state index in [0.717, 1.165) is 5.69 Å². The molecule has 0 radical (unpaired) electrons. The number of carbonyl (C=O) groups is 2. The third-order valence-electron chi connectivity index (χ3n) is 3.66. The van der Waals surface area contributed by atoms with Crippen LogP contribution in [0.15, 0.2) is 30.3 Å². The minimum Gasteiger partial charge on any atom is -0.396 e. The number of rotatable bonds is 6. The molecule has 1 atom stereocenters. The number of hydrogen-bond acceptors (Lipinski definition) is 4. The number of nitrogens with one attached hydrogen (secondary N) is 1. The second-order valence-electron chi connectivity index (χ2n) is 5.51. The zero-order valence-electron chi connectivity index (χ0n) is 13.5. The highest BCUT2D eigenvalue weighted by Gasteiger charge is 2.25. The van der Waals surface area contributed by atoms with Gasteiger partial charge in [-0.3, -0.25) is 9.59 Å². The number of nitrogens with zero attached hydrogens (tertiary/aromatic N) is 2. The predicted molar refractivity (Wildman–Crippen MR) is 86.7 cm³/mol. The van der Waals surface area contributed by atoms with Crippen molar-refractivity contribution in [3.63, 3.8) is 0 Å². The lowest BCUT2D eigenvalue weighted by Crippen LogP contribution is -2.38. The fraction of sp³-hybridized carbons (Fsp3) is 0.353. The number of benzene rings is 1. The van der Waals surface area contributed by atoms with E-state index in [4.69, 9.17) is 5.11 Å². The van der Waals surface area contributed by atoms with Gasteiger partial charge in [-0.1, -0.05) is 18.2 Å². The summed E-state index contributed by atoms with van der Waals surface area (Å²) in [7, 11) is 0. The van der Waals surface area contributed by atoms with Crippen LogP contribution < -0.4 is 5.32 Å². The van der Waals surface area contributed by atoms with E-state index >= 15 is 0 Å². The molecule has 0 aliphatic heterocycles. The number of hydrogen-bond donors (Lipinski definition) is 2. The zero-order valence-corrected chi connectivity index (χ0v) is 13.5. The van der Waals surface area contributed by atoms with Gasteiger partial charge < -0.3 is 10.4 Å². The summed E-state index contributed by atoms with van der Waals surface area (Å²) in [4.78, 5) is 24.5. The summed E-state index contributed by atoms with van der Waals surface area (Å²) in [6.45, 7) is 5.18. The van der Waals surface area contributed by atoms with Crippen LogP contribution in [0.1, 0.15) is 35.1 Å². The molecule has 0 aliphatic rings. The topological polar surface area (TPSA) is 84.2 Å². The summed E-state index contributed by atoms with van der Waals surface area (Å²) in [6.07, 6.45) is 0.403. The summed E-state index contributed by atoms with van der Waals surface area (Å²) < 4.78 is 1.66. The van der Waals surface area contributed by atoms with E-state index in [-0.39, 0.29) is 12.6 Å². The van der Waals surface area contributed by atoms with E-state index in [0.29, 0.717) is 23.4 Å². The van der Waals surface area contributed by atoms with Gasteiger partial charge >= 0.3 is 0 Å². The number of para-hydroxylation sites is 1. The Kier molecular flexibility index (Phi) is 5.28. The molecular formula is C17H21N3O3. The average Bonchev–Trinajstić information content (AvgIpc) is 2.82. The molecule has 6 nitrogen and oxygen atoms in total. The maximum atomic E-state index is 12.4. The molecule has 0 fully saturated rings. The van der Waals surface area contributed by atoms with E-state index in [9.17, 15) is 9.59 Å². The molecule has 1 aromatic heterocycles. The normalized spacial score (nSPS) is 12.0. The van der Waals surface area contributed by atoms with Gasteiger partial charge in [-0.2, -0.15) is 5.10 Å². The SMILES string of the molecule is Cc1nn(-c2ccccc2)c(C)c1C(=O)C(=O)NC(C)CCO. The van der Waals surface area contributed by atoms with Crippen LogP contribution in [0.3, 0.4) is 0 Å². The quantitative estimate of drug-likeness (QED) is 0.626. The highest BCUT2D eigenvalue weighted by Crippen LogP contribution is 2.18. The molecule has 0 bridgehead atoms. The van der Waals surface area contributed by atoms with E-state index in [1.807, 2.05) is 30.3 Å². The summed E-state index contributed by atoms with van der Waals surface area (Å²) >= 11 is 0. The van der Waals surface area contributed by atoms with Crippen molar-refractivity contribution in [3.05, 3.63) is 47.3 Å². The van der Waals surface area contributed by atoms with Gasteiger partial charge in [-0.15, -0.1) is 0 Å². The van der Waals surface area contributed by atoms with Gasteiger partial charge in [0, 0.05) is 12.6 Å². The molecular weight excluding hydrogens is 294 g/mol. The zero-order chi connectivity index (χ0) is 17.0. The first-order valence-corrected chi connectivity index (χ1v) is 7.53. The lowest BCUT2D eigenvalue weighted by Gasteiger charge is -2.11. The van der Waals surface area contributed by atoms with Crippen molar-refractivity contribution in [3.8, 4) is 5.69 Å². The molecule has 6 heteroatoms. The summed E-state index contributed by atoms with van der Waals surface area (Å²) in [5, 5.41) is 15.8. The van der Waals surface area contributed by atoms with Crippen molar-refractivity contribution in [2.24, 2.45) is 0 Å². The largest absolute Gasteiger partial charge is 0.396 e. The number of Topliss-reactive ketones (excluding diaryl/α,β-unsaturated/α-hetero) is 1. The molecule has 1 aromatic carbocycles. The van der Waals surface area contributed by atoms with Gasteiger partial charge in [-0.25, -0.2) is 4.68 Å². The summed E-state index contributed by atoms with van der Waals surface area (Å²) in [5.41, 5.74) is 2.30. The molecule has 23 heavy (non-hydrogen) atoms. The molecule has 0 aliphatic carbocycles. The molecule has 0 saturated carbocycles. The van der Waals surface area contributed by atoms with Gasteiger partial charge in [0.05, 0.1) is 22.6 Å². The van der Waals surface area contributed by atoms with Crippen molar-refractivity contribution >= 4 is 11.7 Å². The molecule has 0 spiro atoms. The summed E-state index contributed by atoms with van der Waals surface area (Å²) in [5.74, 6) is -1.28. The van der Waals surface area contributed by atoms with Crippen LogP contribution in [0.4, 0.5) is 0 Å². The standard InChI is InChI=1S/C17H21N3O3/c1-11(9-10-21)18-17(23)16(22)15-12(2)19-20(13(15)3)14-7-5-4-6-8-14/h4-8,11,21H,9-10H2,1-3H3,(H,18,23). The maximum absolute atomic E-state index is 12.4. The minimum absolute atomic E-state index is 0.0420. The number of aliphatic hydroxyl groups is 1. The van der Waals surface area contributed by atoms with Crippen molar-refractivity contribution in [1.29, 1.82) is 0 Å². The second kappa shape index (κ2) is 7.19. The van der Waals surface area contributed by atoms with E-state index in [1.54, 1.807) is 25.5 Å². The first kappa shape index (κ1) is 16.9. The smallest absolute Gasteiger partial charge is 0.292 e. The predicted octanol–water partition coefficient (Wildman–Crippen LogP) is 1.56. The monoisotopic (exact) mass is 315 g/mol. The lowest BCUT2D eigenvalue weighted by atomic mass is 10.1. The molecule has 0 saturated heterocycles. The molecule has 122 valence electrons. The van der Waals surface area contributed by atoms with E-state index < -0.39 is 11.7 Å². The van der Waals surface area contributed by atoms with Crippen LogP contribution in [-0.2, 0) is 4.79 Å². The highest BCUT2D eigenvalue weighted by molar-refractivity contribution is 6.43. The fourth-order valence-corrected chi connectivity index (χ4v) is 2.46. The third kappa shape index (κ3) is 3.65. The molecule has 2 aromatic rings. The van der Waals surface area contributed by atoms with Crippen molar-refractivity contribution < 1.29 is 14.7 Å². The summed E-state index contributed by atoms with van der Waals surface area (Å²) in [6, 6.07) is 9.18. The maximum Gasteiger partial charge on any atom is 0.292 e. The van der Waals surface area contributed by atoms with Gasteiger partial charge in [-0.05, 0) is 39.3 Å². The van der Waals surface area contributed by atoms with Gasteiger partial charge in [0.2, 0.25) is 0 Å². The van der Waals surface area contributed by atoms with Crippen LogP contribution in [-0.4, -0.2) is 39.2 Å². The average molecular weight is 315 g/mol. The van der Waals surface area contributed by atoms with E-state index in [1.165, 1.54) is 0 Å². The van der Waals surface area contributed by atoms with Crippen LogP contribution in [0, 0.1) is 13.8 Å². The van der Waals surface area contributed by atoms with Crippen LogP contribution in [0.25, 0.3) is 5.69 Å². The minimum atomic E-state index is -0.676. The van der Waals surface area contributed by atoms with Crippen LogP contribution >= 0.6 is 0 Å². The van der Waals surface area contributed by atoms with E-state index in [2.05, 4.69) is 10.4 Å². The molecule has 1 unspecified atom stereocenters. The Morgan fingerprint density at radius 3 is 2.52 bits per heavy atom. The molecule has 2 rings (SSSR count). The first-order valence-electron chi connectivity index (χ1n) is 7.53.